The molecule has 0 aliphatic rings. The lowest BCUT2D eigenvalue weighted by Gasteiger charge is -2.03. The summed E-state index contributed by atoms with van der Waals surface area (Å²) in [6.07, 6.45) is 1.42. The fourth-order valence-electron chi connectivity index (χ4n) is 1.23. The van der Waals surface area contributed by atoms with Gasteiger partial charge in [0.05, 0.1) is 23.0 Å². The van der Waals surface area contributed by atoms with Gasteiger partial charge in [0.1, 0.15) is 0 Å². The van der Waals surface area contributed by atoms with Crippen LogP contribution in [0.15, 0.2) is 11.6 Å². The summed E-state index contributed by atoms with van der Waals surface area (Å²) in [5.41, 5.74) is 1.45. The quantitative estimate of drug-likeness (QED) is 0.676. The number of hydrogen-bond acceptors (Lipinski definition) is 7. The number of aryl methyl sites for hydroxylation is 2. The van der Waals surface area contributed by atoms with Gasteiger partial charge in [0, 0.05) is 0 Å². The van der Waals surface area contributed by atoms with E-state index in [4.69, 9.17) is 0 Å². The zero-order valence-corrected chi connectivity index (χ0v) is 10.9. The topological polar surface area (TPSA) is 111 Å². The minimum absolute atomic E-state index is 0.0169. The molecule has 9 heteroatoms. The highest BCUT2D eigenvalue weighted by Gasteiger charge is 2.20. The minimum Gasteiger partial charge on any atom is -0.357 e. The van der Waals surface area contributed by atoms with E-state index in [1.807, 2.05) is 0 Å². The number of anilines is 1. The van der Waals surface area contributed by atoms with Crippen molar-refractivity contribution in [3.8, 4) is 0 Å². The molecule has 98 valence electrons. The Bertz CT molecular complexity index is 654. The number of aromatic nitrogens is 3. The van der Waals surface area contributed by atoms with E-state index in [0.717, 1.165) is 17.0 Å². The fraction of sp³-hybridized carbons (Fsp3) is 0.200. The molecule has 1 amide bonds. The molecular formula is C10H9N5O3S. The van der Waals surface area contributed by atoms with Crippen molar-refractivity contribution >= 4 is 28.2 Å². The predicted octanol–water partition coefficient (Wildman–Crippen LogP) is 1.71. The van der Waals surface area contributed by atoms with Crippen LogP contribution in [0, 0.1) is 24.0 Å². The molecule has 2 aromatic rings. The molecule has 0 bridgehead atoms. The molecule has 0 aliphatic heterocycles. The number of nitrogens with one attached hydrogen (secondary N) is 1. The fourth-order valence-corrected chi connectivity index (χ4v) is 1.85. The van der Waals surface area contributed by atoms with Gasteiger partial charge < -0.3 is 15.4 Å². The molecule has 0 aromatic carbocycles. The first kappa shape index (κ1) is 13.0. The molecule has 0 aliphatic carbocycles. The van der Waals surface area contributed by atoms with E-state index < -0.39 is 10.8 Å². The monoisotopic (exact) mass is 279 g/mol. The Kier molecular flexibility index (Phi) is 3.47. The highest BCUT2D eigenvalue weighted by atomic mass is 32.1. The Balaban J connectivity index is 2.15. The lowest BCUT2D eigenvalue weighted by molar-refractivity contribution is -0.384. The molecule has 19 heavy (non-hydrogen) atoms. The van der Waals surface area contributed by atoms with Gasteiger partial charge in [0.15, 0.2) is 5.82 Å². The highest BCUT2D eigenvalue weighted by molar-refractivity contribution is 7.13. The molecule has 0 radical (unpaired) electrons. The van der Waals surface area contributed by atoms with Crippen LogP contribution in [0.25, 0.3) is 0 Å². The maximum atomic E-state index is 11.8. The number of nitrogens with zero attached hydrogens (tertiary/aromatic N) is 4. The van der Waals surface area contributed by atoms with Gasteiger partial charge in [-0.1, -0.05) is 0 Å². The Labute approximate surface area is 111 Å². The highest BCUT2D eigenvalue weighted by Crippen LogP contribution is 2.18. The molecule has 0 saturated heterocycles. The number of amides is 1. The molecule has 0 spiro atoms. The molecule has 1 N–H and O–H groups in total. The zero-order chi connectivity index (χ0) is 14.0. The molecule has 2 heterocycles. The number of carbonyl (C=O) groups is 1. The number of nitro groups is 1. The van der Waals surface area contributed by atoms with E-state index in [2.05, 4.69) is 20.3 Å². The van der Waals surface area contributed by atoms with Crippen LogP contribution >= 0.6 is 11.3 Å². The first-order valence-electron chi connectivity index (χ1n) is 5.19. The molecule has 0 saturated carbocycles. The molecule has 0 fully saturated rings. The number of rotatable bonds is 3. The molecule has 0 unspecified atom stereocenters. The Hall–Kier alpha value is -2.42. The standard InChI is InChI=1S/C10H9N5O3S/c1-5-6(2)12-8(3-11-5)14-9(16)7-4-19-10(13-7)15(17)18/h3-4H,1-2H3,(H,12,14,16). The van der Waals surface area contributed by atoms with Gasteiger partial charge in [0.25, 0.3) is 5.69 Å². The smallest absolute Gasteiger partial charge is 0.357 e. The Morgan fingerprint density at radius 2 is 2.11 bits per heavy atom. The van der Waals surface area contributed by atoms with Crippen LogP contribution in [0.2, 0.25) is 0 Å². The van der Waals surface area contributed by atoms with Gasteiger partial charge in [-0.2, -0.15) is 0 Å². The van der Waals surface area contributed by atoms with Crippen molar-refractivity contribution in [2.75, 3.05) is 5.32 Å². The maximum Gasteiger partial charge on any atom is 0.424 e. The average Bonchev–Trinajstić information content (AvgIpc) is 2.83. The van der Waals surface area contributed by atoms with Crippen LogP contribution in [0.4, 0.5) is 10.9 Å². The van der Waals surface area contributed by atoms with E-state index in [-0.39, 0.29) is 16.6 Å². The molecular weight excluding hydrogens is 270 g/mol. The van der Waals surface area contributed by atoms with E-state index in [1.165, 1.54) is 11.6 Å². The van der Waals surface area contributed by atoms with Crippen molar-refractivity contribution < 1.29 is 9.72 Å². The van der Waals surface area contributed by atoms with Gasteiger partial charge in [-0.25, -0.2) is 4.98 Å². The predicted molar refractivity (Wildman–Crippen MR) is 68.2 cm³/mol. The van der Waals surface area contributed by atoms with Crippen molar-refractivity contribution in [3.63, 3.8) is 0 Å². The summed E-state index contributed by atoms with van der Waals surface area (Å²) in [7, 11) is 0. The van der Waals surface area contributed by atoms with Crippen LogP contribution in [-0.2, 0) is 0 Å². The summed E-state index contributed by atoms with van der Waals surface area (Å²) in [6.45, 7) is 3.57. The average molecular weight is 279 g/mol. The van der Waals surface area contributed by atoms with Gasteiger partial charge in [-0.05, 0) is 35.1 Å². The van der Waals surface area contributed by atoms with Gasteiger partial charge >= 0.3 is 11.0 Å². The summed E-state index contributed by atoms with van der Waals surface area (Å²) in [5.74, 6) is -0.273. The molecule has 0 atom stereocenters. The summed E-state index contributed by atoms with van der Waals surface area (Å²) < 4.78 is 0. The second-order valence-electron chi connectivity index (χ2n) is 3.65. The third-order valence-corrected chi connectivity index (χ3v) is 3.11. The van der Waals surface area contributed by atoms with Crippen molar-refractivity contribution in [2.45, 2.75) is 13.8 Å². The number of thiazole rings is 1. The number of carbonyl (C=O) groups excluding carboxylic acids is 1. The number of hydrogen-bond donors (Lipinski definition) is 1. The van der Waals surface area contributed by atoms with Crippen LogP contribution in [-0.4, -0.2) is 25.8 Å². The molecule has 8 nitrogen and oxygen atoms in total. The zero-order valence-electron chi connectivity index (χ0n) is 10.1. The molecule has 2 rings (SSSR count). The summed E-state index contributed by atoms with van der Waals surface area (Å²) in [6, 6.07) is 0. The van der Waals surface area contributed by atoms with Crippen molar-refractivity contribution in [1.29, 1.82) is 0 Å². The first-order valence-corrected chi connectivity index (χ1v) is 6.07. The van der Waals surface area contributed by atoms with E-state index in [0.29, 0.717) is 5.69 Å². The van der Waals surface area contributed by atoms with Crippen molar-refractivity contribution in [3.05, 3.63) is 38.8 Å². The Morgan fingerprint density at radius 1 is 1.37 bits per heavy atom. The van der Waals surface area contributed by atoms with E-state index in [9.17, 15) is 14.9 Å². The van der Waals surface area contributed by atoms with E-state index >= 15 is 0 Å². The third-order valence-electron chi connectivity index (χ3n) is 2.31. The lowest BCUT2D eigenvalue weighted by Crippen LogP contribution is -2.14. The van der Waals surface area contributed by atoms with Crippen LogP contribution < -0.4 is 5.32 Å². The largest absolute Gasteiger partial charge is 0.424 e. The minimum atomic E-state index is -0.642. The Morgan fingerprint density at radius 3 is 2.68 bits per heavy atom. The maximum absolute atomic E-state index is 11.8. The van der Waals surface area contributed by atoms with Crippen LogP contribution in [0.1, 0.15) is 21.9 Å². The van der Waals surface area contributed by atoms with Crippen molar-refractivity contribution in [1.82, 2.24) is 15.0 Å². The lowest BCUT2D eigenvalue weighted by atomic mass is 10.3. The van der Waals surface area contributed by atoms with E-state index in [1.54, 1.807) is 13.8 Å². The van der Waals surface area contributed by atoms with Crippen LogP contribution in [0.3, 0.4) is 0 Å². The first-order chi connectivity index (χ1) is 8.97. The van der Waals surface area contributed by atoms with Gasteiger partial charge in [0.2, 0.25) is 0 Å². The molecule has 2 aromatic heterocycles. The third kappa shape index (κ3) is 2.88. The van der Waals surface area contributed by atoms with Gasteiger partial charge in [-0.3, -0.25) is 9.78 Å². The SMILES string of the molecule is Cc1ncc(NC(=O)c2csc([N+](=O)[O-])n2)nc1C. The van der Waals surface area contributed by atoms with Crippen LogP contribution in [0.5, 0.6) is 0 Å². The normalized spacial score (nSPS) is 10.2. The van der Waals surface area contributed by atoms with Gasteiger partial charge in [-0.15, -0.1) is 0 Å². The summed E-state index contributed by atoms with van der Waals surface area (Å²) in [5, 5.41) is 14.0. The van der Waals surface area contributed by atoms with Crippen molar-refractivity contribution in [2.24, 2.45) is 0 Å². The second kappa shape index (κ2) is 5.06. The summed E-state index contributed by atoms with van der Waals surface area (Å²) in [4.78, 5) is 33.4. The summed E-state index contributed by atoms with van der Waals surface area (Å²) >= 11 is 0.795. The second-order valence-corrected chi connectivity index (χ2v) is 4.49.